The number of hydrogen-bond donors (Lipinski definition) is 2. The lowest BCUT2D eigenvalue weighted by molar-refractivity contribution is -0.128. The molecule has 0 spiro atoms. The fourth-order valence-electron chi connectivity index (χ4n) is 4.04. The summed E-state index contributed by atoms with van der Waals surface area (Å²) in [5.41, 5.74) is 7.39. The van der Waals surface area contributed by atoms with Crippen molar-refractivity contribution in [3.63, 3.8) is 0 Å². The van der Waals surface area contributed by atoms with Crippen molar-refractivity contribution in [2.24, 2.45) is 5.73 Å². The number of carbonyl (C=O) groups is 1. The van der Waals surface area contributed by atoms with E-state index in [0.29, 0.717) is 0 Å². The van der Waals surface area contributed by atoms with Crippen LogP contribution < -0.4 is 16.0 Å². The van der Waals surface area contributed by atoms with Crippen LogP contribution in [0.1, 0.15) is 50.6 Å². The Balaban J connectivity index is 1.76. The number of halogens is 1. The number of likely N-dealkylation sites (N-methyl/N-ethyl adjacent to an activating group) is 1. The molecule has 26 heavy (non-hydrogen) atoms. The van der Waals surface area contributed by atoms with Crippen molar-refractivity contribution in [1.82, 2.24) is 10.2 Å². The predicted octanol–water partition coefficient (Wildman–Crippen LogP) is 2.42. The molecule has 1 heterocycles. The Hall–Kier alpha value is -1.66. The van der Waals surface area contributed by atoms with E-state index in [1.54, 1.807) is 6.07 Å². The number of anilines is 1. The highest BCUT2D eigenvalue weighted by Gasteiger charge is 2.36. The second-order valence-electron chi connectivity index (χ2n) is 7.91. The minimum Gasteiger partial charge on any atom is -0.369 e. The van der Waals surface area contributed by atoms with Gasteiger partial charge in [-0.25, -0.2) is 4.39 Å². The zero-order valence-electron chi connectivity index (χ0n) is 15.9. The quantitative estimate of drug-likeness (QED) is 0.864. The van der Waals surface area contributed by atoms with Gasteiger partial charge in [0.1, 0.15) is 5.82 Å². The molecule has 1 unspecified atom stereocenters. The summed E-state index contributed by atoms with van der Waals surface area (Å²) in [6.07, 6.45) is 4.56. The van der Waals surface area contributed by atoms with E-state index >= 15 is 0 Å². The zero-order chi connectivity index (χ0) is 18.7. The monoisotopic (exact) mass is 362 g/mol. The van der Waals surface area contributed by atoms with Crippen LogP contribution in [0.4, 0.5) is 10.1 Å². The number of benzene rings is 1. The molecule has 1 aromatic carbocycles. The normalized spacial score (nSPS) is 22.1. The topological polar surface area (TPSA) is 61.6 Å². The molecule has 1 saturated heterocycles. The molecule has 1 saturated carbocycles. The molecule has 1 aliphatic heterocycles. The van der Waals surface area contributed by atoms with Crippen molar-refractivity contribution in [2.45, 2.75) is 50.6 Å². The van der Waals surface area contributed by atoms with Crippen LogP contribution >= 0.6 is 0 Å². The molecule has 2 fully saturated rings. The summed E-state index contributed by atoms with van der Waals surface area (Å²) in [5.74, 6) is -0.391. The molecular weight excluding hydrogens is 331 g/mol. The Morgan fingerprint density at radius 3 is 2.50 bits per heavy atom. The van der Waals surface area contributed by atoms with E-state index in [-0.39, 0.29) is 17.8 Å². The van der Waals surface area contributed by atoms with E-state index in [0.717, 1.165) is 69.5 Å². The largest absolute Gasteiger partial charge is 0.369 e. The molecule has 0 aromatic heterocycles. The lowest BCUT2D eigenvalue weighted by Gasteiger charge is -2.37. The van der Waals surface area contributed by atoms with Gasteiger partial charge in [0.05, 0.1) is 11.6 Å². The first-order valence-corrected chi connectivity index (χ1v) is 9.72. The Bertz CT molecular complexity index is 637. The first-order valence-electron chi connectivity index (χ1n) is 9.72. The van der Waals surface area contributed by atoms with E-state index in [1.807, 2.05) is 13.0 Å². The van der Waals surface area contributed by atoms with Crippen LogP contribution in [0.3, 0.4) is 0 Å². The molecule has 6 heteroatoms. The lowest BCUT2D eigenvalue weighted by atomic mass is 9.81. The Morgan fingerprint density at radius 2 is 1.85 bits per heavy atom. The van der Waals surface area contributed by atoms with E-state index in [9.17, 15) is 9.18 Å². The number of carbonyl (C=O) groups excluding carboxylic acids is 1. The molecule has 144 valence electrons. The van der Waals surface area contributed by atoms with Gasteiger partial charge in [-0.1, -0.05) is 19.3 Å². The van der Waals surface area contributed by atoms with Gasteiger partial charge in [0.25, 0.3) is 0 Å². The number of nitrogens with zero attached hydrogens (tertiary/aromatic N) is 2. The van der Waals surface area contributed by atoms with Crippen LogP contribution in [0.15, 0.2) is 18.2 Å². The van der Waals surface area contributed by atoms with Crippen LogP contribution in [0.5, 0.6) is 0 Å². The van der Waals surface area contributed by atoms with Gasteiger partial charge in [0.15, 0.2) is 0 Å². The highest BCUT2D eigenvalue weighted by Crippen LogP contribution is 2.30. The van der Waals surface area contributed by atoms with E-state index in [2.05, 4.69) is 22.2 Å². The fourth-order valence-corrected chi connectivity index (χ4v) is 4.04. The molecule has 2 aliphatic rings. The van der Waals surface area contributed by atoms with Gasteiger partial charge in [-0.2, -0.15) is 0 Å². The average Bonchev–Trinajstić information content (AvgIpc) is 2.63. The van der Waals surface area contributed by atoms with Crippen LogP contribution in [-0.4, -0.2) is 49.6 Å². The van der Waals surface area contributed by atoms with Crippen LogP contribution in [0, 0.1) is 5.82 Å². The summed E-state index contributed by atoms with van der Waals surface area (Å²) in [4.78, 5) is 17.3. The summed E-state index contributed by atoms with van der Waals surface area (Å²) in [6.45, 7) is 5.67. The molecule has 1 aliphatic carbocycles. The summed E-state index contributed by atoms with van der Waals surface area (Å²) in [7, 11) is 2.11. The van der Waals surface area contributed by atoms with Crippen molar-refractivity contribution in [3.05, 3.63) is 29.6 Å². The first-order chi connectivity index (χ1) is 12.4. The third-order valence-electron chi connectivity index (χ3n) is 5.85. The smallest absolute Gasteiger partial charge is 0.240 e. The van der Waals surface area contributed by atoms with Gasteiger partial charge in [0.2, 0.25) is 5.91 Å². The van der Waals surface area contributed by atoms with Crippen molar-refractivity contribution in [1.29, 1.82) is 0 Å². The third-order valence-corrected chi connectivity index (χ3v) is 5.85. The molecule has 3 rings (SSSR count). The number of amides is 1. The van der Waals surface area contributed by atoms with Crippen molar-refractivity contribution >= 4 is 11.6 Å². The van der Waals surface area contributed by atoms with E-state index in [1.165, 1.54) is 6.07 Å². The number of piperazine rings is 1. The second-order valence-corrected chi connectivity index (χ2v) is 7.91. The Labute approximate surface area is 155 Å². The summed E-state index contributed by atoms with van der Waals surface area (Å²) in [6, 6.07) is 4.59. The molecule has 0 radical (unpaired) electrons. The highest BCUT2D eigenvalue weighted by molar-refractivity contribution is 5.86. The summed E-state index contributed by atoms with van der Waals surface area (Å²) < 4.78 is 13.9. The average molecular weight is 362 g/mol. The standard InChI is InChI=1S/C20H31FN4O/c1-15(23-19(26)20(22)8-4-3-5-9-20)17-14-16(21)6-7-18(17)25-12-10-24(2)11-13-25/h6-7,14-15H,3-5,8-13,22H2,1-2H3,(H,23,26). The highest BCUT2D eigenvalue weighted by atomic mass is 19.1. The Morgan fingerprint density at radius 1 is 1.19 bits per heavy atom. The van der Waals surface area contributed by atoms with Gasteiger partial charge in [-0.15, -0.1) is 0 Å². The van der Waals surface area contributed by atoms with Crippen LogP contribution in [0.25, 0.3) is 0 Å². The third kappa shape index (κ3) is 4.18. The van der Waals surface area contributed by atoms with Crippen LogP contribution in [0.2, 0.25) is 0 Å². The maximum absolute atomic E-state index is 13.9. The minimum absolute atomic E-state index is 0.113. The van der Waals surface area contributed by atoms with Crippen molar-refractivity contribution in [2.75, 3.05) is 38.1 Å². The fraction of sp³-hybridized carbons (Fsp3) is 0.650. The van der Waals surface area contributed by atoms with E-state index in [4.69, 9.17) is 5.73 Å². The SMILES string of the molecule is CC(NC(=O)C1(N)CCCCC1)c1cc(F)ccc1N1CCN(C)CC1. The van der Waals surface area contributed by atoms with Gasteiger partial charge in [0, 0.05) is 37.4 Å². The van der Waals surface area contributed by atoms with Gasteiger partial charge >= 0.3 is 0 Å². The van der Waals surface area contributed by atoms with Crippen molar-refractivity contribution < 1.29 is 9.18 Å². The molecular formula is C20H31FN4O. The zero-order valence-corrected chi connectivity index (χ0v) is 15.9. The molecule has 1 aromatic rings. The second kappa shape index (κ2) is 7.92. The molecule has 5 nitrogen and oxygen atoms in total. The number of hydrogen-bond acceptors (Lipinski definition) is 4. The molecule has 0 bridgehead atoms. The summed E-state index contributed by atoms with van der Waals surface area (Å²) in [5, 5.41) is 3.05. The maximum atomic E-state index is 13.9. The maximum Gasteiger partial charge on any atom is 0.240 e. The Kier molecular flexibility index (Phi) is 5.82. The van der Waals surface area contributed by atoms with Gasteiger partial charge in [-0.3, -0.25) is 4.79 Å². The molecule has 3 N–H and O–H groups in total. The van der Waals surface area contributed by atoms with Gasteiger partial charge in [-0.05, 0) is 45.0 Å². The van der Waals surface area contributed by atoms with Crippen molar-refractivity contribution in [3.8, 4) is 0 Å². The first kappa shape index (κ1) is 19.1. The number of rotatable bonds is 4. The number of nitrogens with two attached hydrogens (primary N) is 1. The van der Waals surface area contributed by atoms with Crippen LogP contribution in [-0.2, 0) is 4.79 Å². The lowest BCUT2D eigenvalue weighted by Crippen LogP contribution is -2.55. The minimum atomic E-state index is -0.784. The van der Waals surface area contributed by atoms with Gasteiger partial charge < -0.3 is 20.9 Å². The molecule has 1 amide bonds. The predicted molar refractivity (Wildman–Crippen MR) is 103 cm³/mol. The molecule has 1 atom stereocenters. The number of nitrogens with one attached hydrogen (secondary N) is 1. The summed E-state index contributed by atoms with van der Waals surface area (Å²) >= 11 is 0. The van der Waals surface area contributed by atoms with E-state index < -0.39 is 5.54 Å².